The van der Waals surface area contributed by atoms with Gasteiger partial charge in [0.25, 0.3) is 0 Å². The maximum atomic E-state index is 12.2. The molecule has 3 heteroatoms. The topological polar surface area (TPSA) is 0 Å². The molecule has 0 bridgehead atoms. The second-order valence-corrected chi connectivity index (χ2v) is 4.22. The van der Waals surface area contributed by atoms with Gasteiger partial charge in [0, 0.05) is 0 Å². The Kier molecular flexibility index (Phi) is 13.9. The van der Waals surface area contributed by atoms with Crippen LogP contribution in [0.3, 0.4) is 0 Å². The van der Waals surface area contributed by atoms with Crippen molar-refractivity contribution in [2.75, 3.05) is 0 Å². The highest BCUT2D eigenvalue weighted by Crippen LogP contribution is 2.31. The molecule has 1 rings (SSSR count). The zero-order valence-electron chi connectivity index (χ0n) is 13.5. The van der Waals surface area contributed by atoms with Crippen LogP contribution < -0.4 is 0 Å². The maximum Gasteiger partial charge on any atom is 0.416 e. The lowest BCUT2D eigenvalue weighted by Gasteiger charge is -2.10. The highest BCUT2D eigenvalue weighted by molar-refractivity contribution is 5.29. The quantitative estimate of drug-likeness (QED) is 0.530. The van der Waals surface area contributed by atoms with Gasteiger partial charge in [0.2, 0.25) is 0 Å². The number of unbranched alkanes of at least 4 members (excludes halogenated alkanes) is 3. The van der Waals surface area contributed by atoms with E-state index in [1.54, 1.807) is 13.0 Å². The highest BCUT2D eigenvalue weighted by Gasteiger charge is 2.32. The van der Waals surface area contributed by atoms with Crippen molar-refractivity contribution in [3.63, 3.8) is 0 Å². The summed E-state index contributed by atoms with van der Waals surface area (Å²) in [6.07, 6.45) is 1.73. The number of hydrogen-bond acceptors (Lipinski definition) is 0. The molecule has 0 radical (unpaired) electrons. The van der Waals surface area contributed by atoms with Crippen LogP contribution in [-0.4, -0.2) is 0 Å². The molecular formula is C17H29F3. The number of aryl methyl sites for hydroxylation is 1. The van der Waals surface area contributed by atoms with Crippen molar-refractivity contribution in [1.82, 2.24) is 0 Å². The van der Waals surface area contributed by atoms with E-state index in [1.807, 2.05) is 13.8 Å². The summed E-state index contributed by atoms with van der Waals surface area (Å²) in [5.41, 5.74) is -0.169. The third-order valence-corrected chi connectivity index (χ3v) is 2.66. The van der Waals surface area contributed by atoms with E-state index in [9.17, 15) is 13.2 Å². The minimum absolute atomic E-state index is 0.352. The Balaban J connectivity index is 0. The van der Waals surface area contributed by atoms with Crippen molar-refractivity contribution in [2.45, 2.75) is 72.9 Å². The van der Waals surface area contributed by atoms with Crippen molar-refractivity contribution in [3.05, 3.63) is 35.4 Å². The first-order valence-corrected chi connectivity index (χ1v) is 7.62. The van der Waals surface area contributed by atoms with Crippen LogP contribution >= 0.6 is 0 Å². The molecule has 20 heavy (non-hydrogen) atoms. The van der Waals surface area contributed by atoms with Crippen LogP contribution in [0.5, 0.6) is 0 Å². The van der Waals surface area contributed by atoms with Gasteiger partial charge in [-0.2, -0.15) is 13.2 Å². The third kappa shape index (κ3) is 9.88. The molecule has 0 saturated heterocycles. The van der Waals surface area contributed by atoms with Gasteiger partial charge < -0.3 is 0 Å². The second-order valence-electron chi connectivity index (χ2n) is 4.22. The fourth-order valence-corrected chi connectivity index (χ4v) is 1.61. The first-order valence-electron chi connectivity index (χ1n) is 7.62. The number of halogens is 3. The van der Waals surface area contributed by atoms with E-state index in [0.29, 0.717) is 12.0 Å². The first kappa shape index (κ1) is 21.3. The summed E-state index contributed by atoms with van der Waals surface area (Å²) in [5, 5.41) is 0. The van der Waals surface area contributed by atoms with Crippen LogP contribution in [0.1, 0.15) is 71.4 Å². The fourth-order valence-electron chi connectivity index (χ4n) is 1.61. The number of rotatable bonds is 4. The lowest BCUT2D eigenvalue weighted by molar-refractivity contribution is -0.138. The molecule has 1 aromatic rings. The van der Waals surface area contributed by atoms with Crippen LogP contribution in [0.4, 0.5) is 13.2 Å². The van der Waals surface area contributed by atoms with Crippen molar-refractivity contribution >= 4 is 0 Å². The van der Waals surface area contributed by atoms with Gasteiger partial charge in [0.15, 0.2) is 0 Å². The second kappa shape index (κ2) is 13.0. The Morgan fingerprint density at radius 3 is 1.60 bits per heavy atom. The smallest absolute Gasteiger partial charge is 0.166 e. The van der Waals surface area contributed by atoms with E-state index < -0.39 is 11.7 Å². The van der Waals surface area contributed by atoms with Crippen LogP contribution in [0, 0.1) is 0 Å². The van der Waals surface area contributed by atoms with E-state index in [0.717, 1.165) is 6.07 Å². The van der Waals surface area contributed by atoms with Gasteiger partial charge in [-0.15, -0.1) is 0 Å². The number of benzene rings is 1. The lowest BCUT2D eigenvalue weighted by atomic mass is 10.1. The molecule has 0 saturated carbocycles. The average molecular weight is 290 g/mol. The Morgan fingerprint density at radius 2 is 1.30 bits per heavy atom. The van der Waals surface area contributed by atoms with Gasteiger partial charge in [-0.1, -0.05) is 78.5 Å². The Labute approximate surface area is 122 Å². The highest BCUT2D eigenvalue weighted by atomic mass is 19.4. The number of alkyl halides is 3. The minimum Gasteiger partial charge on any atom is -0.166 e. The zero-order valence-corrected chi connectivity index (χ0v) is 13.5. The molecule has 0 aromatic heterocycles. The maximum absolute atomic E-state index is 12.2. The molecule has 0 aliphatic heterocycles. The van der Waals surface area contributed by atoms with Gasteiger partial charge >= 0.3 is 6.18 Å². The van der Waals surface area contributed by atoms with Crippen molar-refractivity contribution in [2.24, 2.45) is 0 Å². The first-order chi connectivity index (χ1) is 9.47. The summed E-state index contributed by atoms with van der Waals surface area (Å²) in [7, 11) is 0. The van der Waals surface area contributed by atoms with E-state index in [1.165, 1.54) is 37.8 Å². The van der Waals surface area contributed by atoms with E-state index >= 15 is 0 Å². The Hall–Kier alpha value is -0.990. The average Bonchev–Trinajstić information content (AvgIpc) is 2.47. The normalized spacial score (nSPS) is 10.0. The standard InChI is InChI=1S/C9H9F3.C6H14.C2H6/c1-2-7-5-3-4-6-8(7)9(10,11)12;1-3-5-6-4-2;1-2/h3-6H,2H2,1H3;3-6H2,1-2H3;1-2H3. The molecule has 0 aliphatic rings. The Bertz CT molecular complexity index is 312. The van der Waals surface area contributed by atoms with Crippen LogP contribution in [0.25, 0.3) is 0 Å². The van der Waals surface area contributed by atoms with E-state index in [4.69, 9.17) is 0 Å². The van der Waals surface area contributed by atoms with Crippen molar-refractivity contribution in [3.8, 4) is 0 Å². The van der Waals surface area contributed by atoms with E-state index in [2.05, 4.69) is 13.8 Å². The summed E-state index contributed by atoms with van der Waals surface area (Å²) in [6, 6.07) is 5.64. The molecule has 0 spiro atoms. The lowest BCUT2D eigenvalue weighted by Crippen LogP contribution is -2.08. The molecule has 0 aliphatic carbocycles. The summed E-state index contributed by atoms with van der Waals surface area (Å²) in [5.74, 6) is 0. The molecule has 1 aromatic carbocycles. The van der Waals surface area contributed by atoms with Crippen LogP contribution in [-0.2, 0) is 12.6 Å². The monoisotopic (exact) mass is 290 g/mol. The summed E-state index contributed by atoms with van der Waals surface area (Å²) in [6.45, 7) is 10.2. The third-order valence-electron chi connectivity index (χ3n) is 2.66. The fraction of sp³-hybridized carbons (Fsp3) is 0.647. The molecule has 0 atom stereocenters. The van der Waals surface area contributed by atoms with Gasteiger partial charge in [-0.05, 0) is 18.1 Å². The molecule has 0 nitrogen and oxygen atoms in total. The van der Waals surface area contributed by atoms with Gasteiger partial charge in [-0.25, -0.2) is 0 Å². The molecule has 0 fully saturated rings. The van der Waals surface area contributed by atoms with Gasteiger partial charge in [0.05, 0.1) is 5.56 Å². The summed E-state index contributed by atoms with van der Waals surface area (Å²) >= 11 is 0. The molecule has 0 N–H and O–H groups in total. The molecular weight excluding hydrogens is 261 g/mol. The zero-order chi connectivity index (χ0) is 16.0. The molecule has 0 amide bonds. The van der Waals surface area contributed by atoms with Crippen molar-refractivity contribution < 1.29 is 13.2 Å². The largest absolute Gasteiger partial charge is 0.416 e. The summed E-state index contributed by atoms with van der Waals surface area (Å²) in [4.78, 5) is 0. The van der Waals surface area contributed by atoms with Gasteiger partial charge in [-0.3, -0.25) is 0 Å². The predicted molar refractivity (Wildman–Crippen MR) is 82.0 cm³/mol. The molecule has 0 unspecified atom stereocenters. The van der Waals surface area contributed by atoms with Crippen LogP contribution in [0.15, 0.2) is 24.3 Å². The molecule has 0 heterocycles. The van der Waals surface area contributed by atoms with Crippen LogP contribution in [0.2, 0.25) is 0 Å². The van der Waals surface area contributed by atoms with Crippen molar-refractivity contribution in [1.29, 1.82) is 0 Å². The Morgan fingerprint density at radius 1 is 0.850 bits per heavy atom. The number of hydrogen-bond donors (Lipinski definition) is 0. The summed E-state index contributed by atoms with van der Waals surface area (Å²) < 4.78 is 36.7. The predicted octanol–water partition coefficient (Wildman–Crippen LogP) is 6.88. The molecule has 118 valence electrons. The van der Waals surface area contributed by atoms with E-state index in [-0.39, 0.29) is 0 Å². The van der Waals surface area contributed by atoms with Gasteiger partial charge in [0.1, 0.15) is 0 Å². The minimum atomic E-state index is -4.22. The SMILES string of the molecule is CC.CCCCCC.CCc1ccccc1C(F)(F)F.